The van der Waals surface area contributed by atoms with Crippen LogP contribution in [-0.4, -0.2) is 18.8 Å². The van der Waals surface area contributed by atoms with E-state index in [2.05, 4.69) is 0 Å². The summed E-state index contributed by atoms with van der Waals surface area (Å²) < 4.78 is 11.1. The first-order valence-corrected chi connectivity index (χ1v) is 6.05. The van der Waals surface area contributed by atoms with Gasteiger partial charge in [-0.25, -0.2) is 0 Å². The topological polar surface area (TPSA) is 38.7 Å². The second-order valence-electron chi connectivity index (χ2n) is 4.58. The normalized spacial score (nSPS) is 10.1. The Hall–Kier alpha value is -1.48. The van der Waals surface area contributed by atoms with Crippen LogP contribution < -0.4 is 9.47 Å². The predicted octanol–water partition coefficient (Wildman–Crippen LogP) is 3.15. The Balaban J connectivity index is 3.07. The van der Waals surface area contributed by atoms with Gasteiger partial charge in [0.05, 0.1) is 13.7 Å². The molecule has 0 bridgehead atoms. The smallest absolute Gasteiger partial charge is 0.131 e. The third-order valence-electron chi connectivity index (χ3n) is 2.90. The molecule has 1 aromatic carbocycles. The first-order chi connectivity index (χ1) is 8.51. The maximum absolute atomic E-state index is 9.36. The second kappa shape index (κ2) is 6.45. The summed E-state index contributed by atoms with van der Waals surface area (Å²) in [5.41, 5.74) is 3.95. The minimum Gasteiger partial charge on any atom is -0.496 e. The Morgan fingerprint density at radius 2 is 2.00 bits per heavy atom. The molecule has 100 valence electrons. The van der Waals surface area contributed by atoms with Gasteiger partial charge in [-0.15, -0.1) is 0 Å². The molecule has 0 aliphatic rings. The number of rotatable bonds is 5. The number of aliphatic hydroxyl groups excluding tert-OH is 1. The van der Waals surface area contributed by atoms with E-state index in [1.54, 1.807) is 7.11 Å². The summed E-state index contributed by atoms with van der Waals surface area (Å²) in [4.78, 5) is 0. The highest BCUT2D eigenvalue weighted by Crippen LogP contribution is 2.34. The molecule has 0 amide bonds. The fourth-order valence-corrected chi connectivity index (χ4v) is 1.83. The summed E-state index contributed by atoms with van der Waals surface area (Å²) in [6.07, 6.45) is 2.03. The average molecular weight is 250 g/mol. The summed E-state index contributed by atoms with van der Waals surface area (Å²) in [5, 5.41) is 9.36. The van der Waals surface area contributed by atoms with Crippen LogP contribution in [0.1, 0.15) is 30.5 Å². The summed E-state index contributed by atoms with van der Waals surface area (Å²) in [7, 11) is 1.61. The van der Waals surface area contributed by atoms with E-state index in [1.807, 2.05) is 39.8 Å². The molecular formula is C15H22O3. The van der Waals surface area contributed by atoms with E-state index < -0.39 is 0 Å². The summed E-state index contributed by atoms with van der Waals surface area (Å²) in [5.74, 6) is 1.52. The molecule has 0 spiro atoms. The number of aryl methyl sites for hydroxylation is 1. The van der Waals surface area contributed by atoms with Gasteiger partial charge in [0.25, 0.3) is 0 Å². The molecule has 1 aromatic rings. The van der Waals surface area contributed by atoms with Gasteiger partial charge in [-0.05, 0) is 45.4 Å². The molecule has 0 aromatic heterocycles. The molecule has 0 unspecified atom stereocenters. The van der Waals surface area contributed by atoms with Gasteiger partial charge in [0.2, 0.25) is 0 Å². The van der Waals surface area contributed by atoms with Gasteiger partial charge >= 0.3 is 0 Å². The molecule has 0 radical (unpaired) electrons. The largest absolute Gasteiger partial charge is 0.496 e. The molecule has 0 atom stereocenters. The predicted molar refractivity (Wildman–Crippen MR) is 73.3 cm³/mol. The molecule has 18 heavy (non-hydrogen) atoms. The number of ether oxygens (including phenoxy) is 2. The van der Waals surface area contributed by atoms with E-state index in [0.717, 1.165) is 22.4 Å². The lowest BCUT2D eigenvalue weighted by Crippen LogP contribution is -2.03. The van der Waals surface area contributed by atoms with E-state index in [0.29, 0.717) is 12.4 Å². The van der Waals surface area contributed by atoms with Crippen molar-refractivity contribution in [2.45, 2.75) is 34.3 Å². The molecule has 1 rings (SSSR count). The second-order valence-corrected chi connectivity index (χ2v) is 4.58. The van der Waals surface area contributed by atoms with Crippen LogP contribution >= 0.6 is 0 Å². The lowest BCUT2D eigenvalue weighted by atomic mass is 10.0. The van der Waals surface area contributed by atoms with Crippen LogP contribution in [-0.2, 0) is 6.61 Å². The maximum Gasteiger partial charge on any atom is 0.131 e. The Labute approximate surface area is 109 Å². The van der Waals surface area contributed by atoms with Gasteiger partial charge in [-0.2, -0.15) is 0 Å². The molecule has 0 aliphatic heterocycles. The number of aliphatic hydroxyl groups is 1. The van der Waals surface area contributed by atoms with Crippen molar-refractivity contribution in [1.82, 2.24) is 0 Å². The van der Waals surface area contributed by atoms with Crippen molar-refractivity contribution in [3.63, 3.8) is 0 Å². The third-order valence-corrected chi connectivity index (χ3v) is 2.90. The molecule has 3 heteroatoms. The maximum atomic E-state index is 9.36. The number of methoxy groups -OCH3 is 1. The molecule has 0 saturated heterocycles. The fraction of sp³-hybridized carbons (Fsp3) is 0.467. The number of hydrogen-bond donors (Lipinski definition) is 1. The van der Waals surface area contributed by atoms with Gasteiger partial charge in [0, 0.05) is 11.1 Å². The molecule has 0 heterocycles. The molecule has 0 saturated carbocycles. The standard InChI is InChI=1S/C15H22O3/c1-10(2)6-7-18-14-8-11(3)13(9-16)15(17-5)12(14)4/h6,8,16H,7,9H2,1-5H3. The van der Waals surface area contributed by atoms with E-state index >= 15 is 0 Å². The minimum absolute atomic E-state index is 0.0237. The van der Waals surface area contributed by atoms with Crippen molar-refractivity contribution >= 4 is 0 Å². The zero-order valence-corrected chi connectivity index (χ0v) is 11.8. The van der Waals surface area contributed by atoms with Crippen LogP contribution in [0.15, 0.2) is 17.7 Å². The van der Waals surface area contributed by atoms with Crippen molar-refractivity contribution in [2.75, 3.05) is 13.7 Å². The number of allylic oxidation sites excluding steroid dienone is 1. The summed E-state index contributed by atoms with van der Waals surface area (Å²) in [6.45, 7) is 8.48. The lowest BCUT2D eigenvalue weighted by molar-refractivity contribution is 0.271. The monoisotopic (exact) mass is 250 g/mol. The Morgan fingerprint density at radius 3 is 2.50 bits per heavy atom. The zero-order chi connectivity index (χ0) is 13.7. The molecule has 1 N–H and O–H groups in total. The van der Waals surface area contributed by atoms with Crippen LogP contribution in [0.3, 0.4) is 0 Å². The number of benzene rings is 1. The van der Waals surface area contributed by atoms with Crippen LogP contribution in [0.2, 0.25) is 0 Å². The quantitative estimate of drug-likeness (QED) is 0.816. The SMILES string of the molecule is COc1c(C)c(OCC=C(C)C)cc(C)c1CO. The lowest BCUT2D eigenvalue weighted by Gasteiger charge is -2.16. The van der Waals surface area contributed by atoms with E-state index in [1.165, 1.54) is 5.57 Å². The van der Waals surface area contributed by atoms with Crippen molar-refractivity contribution in [3.8, 4) is 11.5 Å². The summed E-state index contributed by atoms with van der Waals surface area (Å²) >= 11 is 0. The van der Waals surface area contributed by atoms with E-state index in [-0.39, 0.29) is 6.61 Å². The van der Waals surface area contributed by atoms with Crippen molar-refractivity contribution in [3.05, 3.63) is 34.4 Å². The van der Waals surface area contributed by atoms with Gasteiger partial charge < -0.3 is 14.6 Å². The Bertz CT molecular complexity index is 444. The molecule has 0 fully saturated rings. The highest BCUT2D eigenvalue weighted by atomic mass is 16.5. The van der Waals surface area contributed by atoms with Crippen molar-refractivity contribution in [2.24, 2.45) is 0 Å². The highest BCUT2D eigenvalue weighted by Gasteiger charge is 2.14. The molecule has 3 nitrogen and oxygen atoms in total. The first-order valence-electron chi connectivity index (χ1n) is 6.05. The average Bonchev–Trinajstić information content (AvgIpc) is 2.32. The Morgan fingerprint density at radius 1 is 1.33 bits per heavy atom. The van der Waals surface area contributed by atoms with Crippen molar-refractivity contribution < 1.29 is 14.6 Å². The fourth-order valence-electron chi connectivity index (χ4n) is 1.83. The number of hydrogen-bond acceptors (Lipinski definition) is 3. The minimum atomic E-state index is -0.0237. The zero-order valence-electron chi connectivity index (χ0n) is 11.8. The van der Waals surface area contributed by atoms with Crippen molar-refractivity contribution in [1.29, 1.82) is 0 Å². The third kappa shape index (κ3) is 3.26. The van der Waals surface area contributed by atoms with Crippen LogP contribution in [0.5, 0.6) is 11.5 Å². The highest BCUT2D eigenvalue weighted by molar-refractivity contribution is 5.53. The van der Waals surface area contributed by atoms with Crippen LogP contribution in [0, 0.1) is 13.8 Å². The Kier molecular flexibility index (Phi) is 5.23. The van der Waals surface area contributed by atoms with Crippen LogP contribution in [0.4, 0.5) is 0 Å². The summed E-state index contributed by atoms with van der Waals surface area (Å²) in [6, 6.07) is 1.95. The van der Waals surface area contributed by atoms with Crippen LogP contribution in [0.25, 0.3) is 0 Å². The van der Waals surface area contributed by atoms with E-state index in [4.69, 9.17) is 9.47 Å². The van der Waals surface area contributed by atoms with Gasteiger partial charge in [0.15, 0.2) is 0 Å². The van der Waals surface area contributed by atoms with Gasteiger partial charge in [0.1, 0.15) is 18.1 Å². The van der Waals surface area contributed by atoms with E-state index in [9.17, 15) is 5.11 Å². The van der Waals surface area contributed by atoms with Gasteiger partial charge in [-0.3, -0.25) is 0 Å². The first kappa shape index (κ1) is 14.6. The molecular weight excluding hydrogens is 228 g/mol. The molecule has 0 aliphatic carbocycles. The van der Waals surface area contributed by atoms with Gasteiger partial charge in [-0.1, -0.05) is 5.57 Å².